The van der Waals surface area contributed by atoms with Crippen molar-refractivity contribution >= 4 is 11.6 Å². The van der Waals surface area contributed by atoms with E-state index in [1.54, 1.807) is 11.9 Å². The van der Waals surface area contributed by atoms with Gasteiger partial charge < -0.3 is 15.0 Å². The van der Waals surface area contributed by atoms with Gasteiger partial charge in [-0.15, -0.1) is 0 Å². The second-order valence-corrected chi connectivity index (χ2v) is 6.27. The van der Waals surface area contributed by atoms with Crippen LogP contribution in [0, 0.1) is 18.3 Å². The van der Waals surface area contributed by atoms with Gasteiger partial charge in [0.25, 0.3) is 5.91 Å². The molecule has 0 aliphatic rings. The molecule has 0 heterocycles. The van der Waals surface area contributed by atoms with Gasteiger partial charge in [0.15, 0.2) is 0 Å². The Balaban J connectivity index is 2.18. The fraction of sp³-hybridized carbons (Fsp3) is 0.273. The summed E-state index contributed by atoms with van der Waals surface area (Å²) in [5, 5.41) is 12.3. The van der Waals surface area contributed by atoms with Crippen molar-refractivity contribution in [2.75, 3.05) is 18.6 Å². The minimum Gasteiger partial charge on any atom is -0.494 e. The van der Waals surface area contributed by atoms with Crippen LogP contribution in [0.1, 0.15) is 31.0 Å². The number of anilines is 1. The number of hydrogen-bond donors (Lipinski definition) is 1. The van der Waals surface area contributed by atoms with Crippen molar-refractivity contribution in [3.8, 4) is 11.8 Å². The first kappa shape index (κ1) is 20.1. The number of para-hydroxylation sites is 1. The average molecular weight is 363 g/mol. The largest absolute Gasteiger partial charge is 0.494 e. The molecule has 1 N–H and O–H groups in total. The summed E-state index contributed by atoms with van der Waals surface area (Å²) in [6.45, 7) is 6.33. The van der Waals surface area contributed by atoms with E-state index in [0.29, 0.717) is 6.61 Å². The summed E-state index contributed by atoms with van der Waals surface area (Å²) in [5.74, 6) is 0.316. The van der Waals surface area contributed by atoms with Gasteiger partial charge in [-0.05, 0) is 39.0 Å². The number of nitrogens with one attached hydrogen (secondary N) is 1. The molecule has 0 bridgehead atoms. The van der Waals surface area contributed by atoms with Crippen LogP contribution < -0.4 is 15.0 Å². The molecule has 0 saturated carbocycles. The molecule has 0 aliphatic carbocycles. The first-order valence-corrected chi connectivity index (χ1v) is 8.90. The molecule has 0 saturated heterocycles. The number of carbonyl (C=O) groups is 1. The highest BCUT2D eigenvalue weighted by Crippen LogP contribution is 2.26. The van der Waals surface area contributed by atoms with E-state index in [1.807, 2.05) is 75.4 Å². The lowest BCUT2D eigenvalue weighted by Gasteiger charge is -2.19. The van der Waals surface area contributed by atoms with Gasteiger partial charge in [-0.25, -0.2) is 0 Å². The third kappa shape index (κ3) is 5.35. The molecule has 0 fully saturated rings. The molecule has 2 rings (SSSR count). The summed E-state index contributed by atoms with van der Waals surface area (Å²) < 4.78 is 5.66. The molecule has 5 heteroatoms. The molecule has 27 heavy (non-hydrogen) atoms. The fourth-order valence-electron chi connectivity index (χ4n) is 2.71. The first-order valence-electron chi connectivity index (χ1n) is 8.90. The topological polar surface area (TPSA) is 65.4 Å². The molecule has 140 valence electrons. The van der Waals surface area contributed by atoms with E-state index < -0.39 is 5.91 Å². The normalized spacial score (nSPS) is 12.0. The molecule has 0 aliphatic heterocycles. The molecule has 1 unspecified atom stereocenters. The van der Waals surface area contributed by atoms with Gasteiger partial charge in [0, 0.05) is 24.5 Å². The highest BCUT2D eigenvalue weighted by atomic mass is 16.5. The Labute approximate surface area is 160 Å². The number of aryl methyl sites for hydroxylation is 1. The summed E-state index contributed by atoms with van der Waals surface area (Å²) in [4.78, 5) is 14.4. The highest BCUT2D eigenvalue weighted by Gasteiger charge is 2.18. The molecule has 1 atom stereocenters. The Hall–Kier alpha value is -3.26. The van der Waals surface area contributed by atoms with E-state index in [9.17, 15) is 10.1 Å². The molecule has 2 aromatic rings. The minimum atomic E-state index is -0.420. The Morgan fingerprint density at radius 3 is 2.63 bits per heavy atom. The van der Waals surface area contributed by atoms with Gasteiger partial charge in [0.05, 0.1) is 12.6 Å². The third-order valence-electron chi connectivity index (χ3n) is 4.13. The Kier molecular flexibility index (Phi) is 7.01. The van der Waals surface area contributed by atoms with Gasteiger partial charge in [0.1, 0.15) is 17.4 Å². The molecule has 2 aromatic carbocycles. The average Bonchev–Trinajstić information content (AvgIpc) is 2.67. The zero-order valence-corrected chi connectivity index (χ0v) is 16.2. The van der Waals surface area contributed by atoms with E-state index >= 15 is 0 Å². The highest BCUT2D eigenvalue weighted by molar-refractivity contribution is 5.97. The van der Waals surface area contributed by atoms with Crippen LogP contribution >= 0.6 is 0 Å². The summed E-state index contributed by atoms with van der Waals surface area (Å²) in [7, 11) is 1.80. The predicted octanol–water partition coefficient (Wildman–Crippen LogP) is 4.11. The maximum absolute atomic E-state index is 12.6. The maximum Gasteiger partial charge on any atom is 0.263 e. The van der Waals surface area contributed by atoms with Gasteiger partial charge in [-0.3, -0.25) is 4.79 Å². The number of amides is 1. The van der Waals surface area contributed by atoms with Crippen molar-refractivity contribution in [1.29, 1.82) is 5.26 Å². The lowest BCUT2D eigenvalue weighted by atomic mass is 10.0. The Bertz CT molecular complexity index is 854. The van der Waals surface area contributed by atoms with Crippen LogP contribution in [0.3, 0.4) is 0 Å². The third-order valence-corrected chi connectivity index (χ3v) is 4.13. The SMILES string of the molecule is CCOc1ccc(C)cc1C(C)NC(=O)/C(C#N)=C\N(C)c1ccccc1. The zero-order chi connectivity index (χ0) is 19.8. The molecule has 1 amide bonds. The van der Waals surface area contributed by atoms with Crippen molar-refractivity contribution in [3.05, 3.63) is 71.4 Å². The second kappa shape index (κ2) is 9.44. The predicted molar refractivity (Wildman–Crippen MR) is 107 cm³/mol. The van der Waals surface area contributed by atoms with Crippen LogP contribution in [0.2, 0.25) is 0 Å². The molecule has 0 spiro atoms. The van der Waals surface area contributed by atoms with Gasteiger partial charge in [-0.1, -0.05) is 35.9 Å². The van der Waals surface area contributed by atoms with Crippen LogP contribution in [-0.2, 0) is 4.79 Å². The number of hydrogen-bond acceptors (Lipinski definition) is 4. The van der Waals surface area contributed by atoms with E-state index in [4.69, 9.17) is 4.74 Å². The number of ether oxygens (including phenoxy) is 1. The van der Waals surface area contributed by atoms with Gasteiger partial charge in [-0.2, -0.15) is 5.26 Å². The molecular formula is C22H25N3O2. The lowest BCUT2D eigenvalue weighted by Crippen LogP contribution is -2.29. The number of nitriles is 1. The van der Waals surface area contributed by atoms with Crippen molar-refractivity contribution in [2.24, 2.45) is 0 Å². The number of nitrogens with zero attached hydrogens (tertiary/aromatic N) is 2. The molecule has 0 radical (unpaired) electrons. The van der Waals surface area contributed by atoms with E-state index in [0.717, 1.165) is 22.6 Å². The minimum absolute atomic E-state index is 0.0406. The number of benzene rings is 2. The fourth-order valence-corrected chi connectivity index (χ4v) is 2.71. The van der Waals surface area contributed by atoms with Crippen LogP contribution in [-0.4, -0.2) is 19.6 Å². The van der Waals surface area contributed by atoms with Crippen molar-refractivity contribution < 1.29 is 9.53 Å². The summed E-state index contributed by atoms with van der Waals surface area (Å²) in [6.07, 6.45) is 1.54. The van der Waals surface area contributed by atoms with E-state index in [2.05, 4.69) is 5.32 Å². The van der Waals surface area contributed by atoms with Crippen LogP contribution in [0.15, 0.2) is 60.3 Å². The summed E-state index contributed by atoms with van der Waals surface area (Å²) in [5.41, 5.74) is 2.90. The molecular weight excluding hydrogens is 338 g/mol. The maximum atomic E-state index is 12.6. The van der Waals surface area contributed by atoms with Crippen LogP contribution in [0.5, 0.6) is 5.75 Å². The summed E-state index contributed by atoms with van der Waals surface area (Å²) >= 11 is 0. The molecule has 0 aromatic heterocycles. The standard InChI is InChI=1S/C22H25N3O2/c1-5-27-21-12-11-16(2)13-20(21)17(3)24-22(26)18(14-23)15-25(4)19-9-7-6-8-10-19/h6-13,15,17H,5H2,1-4H3,(H,24,26)/b18-15-. The Morgan fingerprint density at radius 1 is 1.30 bits per heavy atom. The van der Waals surface area contributed by atoms with Crippen molar-refractivity contribution in [1.82, 2.24) is 5.32 Å². The zero-order valence-electron chi connectivity index (χ0n) is 16.2. The Morgan fingerprint density at radius 2 is 2.00 bits per heavy atom. The van der Waals surface area contributed by atoms with Crippen LogP contribution in [0.25, 0.3) is 0 Å². The van der Waals surface area contributed by atoms with Crippen molar-refractivity contribution in [2.45, 2.75) is 26.8 Å². The first-order chi connectivity index (χ1) is 13.0. The quantitative estimate of drug-likeness (QED) is 0.594. The smallest absolute Gasteiger partial charge is 0.263 e. The van der Waals surface area contributed by atoms with E-state index in [-0.39, 0.29) is 11.6 Å². The lowest BCUT2D eigenvalue weighted by molar-refractivity contribution is -0.117. The number of rotatable bonds is 7. The van der Waals surface area contributed by atoms with Crippen molar-refractivity contribution in [3.63, 3.8) is 0 Å². The second-order valence-electron chi connectivity index (χ2n) is 6.27. The van der Waals surface area contributed by atoms with Gasteiger partial charge in [0.2, 0.25) is 0 Å². The molecule has 5 nitrogen and oxygen atoms in total. The summed E-state index contributed by atoms with van der Waals surface area (Å²) in [6, 6.07) is 17.1. The van der Waals surface area contributed by atoms with Crippen LogP contribution in [0.4, 0.5) is 5.69 Å². The van der Waals surface area contributed by atoms with Gasteiger partial charge >= 0.3 is 0 Å². The van der Waals surface area contributed by atoms with E-state index in [1.165, 1.54) is 6.20 Å². The monoisotopic (exact) mass is 363 g/mol. The number of carbonyl (C=O) groups excluding carboxylic acids is 1.